The summed E-state index contributed by atoms with van der Waals surface area (Å²) >= 11 is 0. The lowest BCUT2D eigenvalue weighted by Gasteiger charge is -2.40. The van der Waals surface area contributed by atoms with E-state index in [1.165, 1.54) is 4.31 Å². The minimum Gasteiger partial charge on any atom is -0.444 e. The first kappa shape index (κ1) is 17.5. The molecule has 7 nitrogen and oxygen atoms in total. The Morgan fingerprint density at radius 2 is 1.91 bits per heavy atom. The van der Waals surface area contributed by atoms with Gasteiger partial charge < -0.3 is 15.4 Å². The number of hydrogen-bond donors (Lipinski definition) is 1. The van der Waals surface area contributed by atoms with Gasteiger partial charge in [0, 0.05) is 26.2 Å². The third-order valence-corrected chi connectivity index (χ3v) is 5.94. The number of nitrogens with two attached hydrogens (primary N) is 1. The highest BCUT2D eigenvalue weighted by molar-refractivity contribution is 7.89. The molecule has 2 rings (SSSR count). The predicted molar refractivity (Wildman–Crippen MR) is 83.9 cm³/mol. The molecule has 1 aliphatic heterocycles. The molecule has 1 heterocycles. The molecule has 1 saturated heterocycles. The van der Waals surface area contributed by atoms with Crippen molar-refractivity contribution in [1.82, 2.24) is 9.21 Å². The summed E-state index contributed by atoms with van der Waals surface area (Å²) in [4.78, 5) is 13.7. The van der Waals surface area contributed by atoms with Crippen molar-refractivity contribution in [2.75, 3.05) is 31.9 Å². The van der Waals surface area contributed by atoms with Crippen LogP contribution in [0.5, 0.6) is 0 Å². The first-order chi connectivity index (χ1) is 10.1. The summed E-state index contributed by atoms with van der Waals surface area (Å²) in [6.45, 7) is 6.54. The zero-order valence-corrected chi connectivity index (χ0v) is 14.4. The lowest BCUT2D eigenvalue weighted by molar-refractivity contribution is 0.0138. The van der Waals surface area contributed by atoms with Crippen LogP contribution in [0, 0.1) is 5.92 Å². The molecule has 2 N–H and O–H groups in total. The van der Waals surface area contributed by atoms with E-state index in [4.69, 9.17) is 10.5 Å². The van der Waals surface area contributed by atoms with Crippen molar-refractivity contribution in [2.45, 2.75) is 45.3 Å². The van der Waals surface area contributed by atoms with E-state index in [0.717, 1.165) is 12.8 Å². The normalized spacial score (nSPS) is 24.4. The highest BCUT2D eigenvalue weighted by atomic mass is 32.2. The van der Waals surface area contributed by atoms with Crippen molar-refractivity contribution in [3.05, 3.63) is 0 Å². The van der Waals surface area contributed by atoms with Gasteiger partial charge in [-0.1, -0.05) is 0 Å². The van der Waals surface area contributed by atoms with Gasteiger partial charge in [-0.05, 0) is 39.5 Å². The average Bonchev–Trinajstić information content (AvgIpc) is 3.19. The van der Waals surface area contributed by atoms with Crippen molar-refractivity contribution in [1.29, 1.82) is 0 Å². The second-order valence-electron chi connectivity index (χ2n) is 7.15. The lowest BCUT2D eigenvalue weighted by Crippen LogP contribution is -2.59. The largest absolute Gasteiger partial charge is 0.444 e. The first-order valence-electron chi connectivity index (χ1n) is 7.80. The molecule has 1 amide bonds. The second-order valence-corrected chi connectivity index (χ2v) is 9.11. The molecule has 1 atom stereocenters. The maximum Gasteiger partial charge on any atom is 0.410 e. The quantitative estimate of drug-likeness (QED) is 0.813. The number of ether oxygens (including phenoxy) is 1. The maximum atomic E-state index is 12.4. The van der Waals surface area contributed by atoms with Gasteiger partial charge in [-0.15, -0.1) is 0 Å². The van der Waals surface area contributed by atoms with Crippen LogP contribution in [0.2, 0.25) is 0 Å². The van der Waals surface area contributed by atoms with Crippen LogP contribution in [0.1, 0.15) is 33.6 Å². The SMILES string of the molecule is CC(C)(C)OC(=O)N1CCN(S(=O)(=O)CC2CC2)C(CN)C1. The molecule has 0 aromatic heterocycles. The van der Waals surface area contributed by atoms with E-state index >= 15 is 0 Å². The van der Waals surface area contributed by atoms with Gasteiger partial charge in [-0.3, -0.25) is 0 Å². The van der Waals surface area contributed by atoms with Gasteiger partial charge in [-0.2, -0.15) is 4.31 Å². The topological polar surface area (TPSA) is 92.9 Å². The first-order valence-corrected chi connectivity index (χ1v) is 9.41. The third kappa shape index (κ3) is 4.57. The molecule has 0 aromatic rings. The molecule has 22 heavy (non-hydrogen) atoms. The summed E-state index contributed by atoms with van der Waals surface area (Å²) in [5.74, 6) is 0.503. The molecule has 2 aliphatic rings. The number of carbonyl (C=O) groups is 1. The Kier molecular flexibility index (Phi) is 5.03. The van der Waals surface area contributed by atoms with Crippen LogP contribution in [0.25, 0.3) is 0 Å². The number of hydrogen-bond acceptors (Lipinski definition) is 5. The average molecular weight is 333 g/mol. The number of piperazine rings is 1. The molecule has 1 saturated carbocycles. The van der Waals surface area contributed by atoms with Gasteiger partial charge in [0.2, 0.25) is 10.0 Å². The summed E-state index contributed by atoms with van der Waals surface area (Å²) in [6.07, 6.45) is 1.57. The molecule has 8 heteroatoms. The summed E-state index contributed by atoms with van der Waals surface area (Å²) in [5.41, 5.74) is 5.18. The third-order valence-electron chi connectivity index (χ3n) is 3.85. The summed E-state index contributed by atoms with van der Waals surface area (Å²) in [5, 5.41) is 0. The number of sulfonamides is 1. The van der Waals surface area contributed by atoms with E-state index in [0.29, 0.717) is 12.5 Å². The monoisotopic (exact) mass is 333 g/mol. The van der Waals surface area contributed by atoms with Gasteiger partial charge in [0.15, 0.2) is 0 Å². The Morgan fingerprint density at radius 3 is 2.41 bits per heavy atom. The van der Waals surface area contributed by atoms with E-state index < -0.39 is 21.7 Å². The van der Waals surface area contributed by atoms with Crippen molar-refractivity contribution in [2.24, 2.45) is 11.7 Å². The summed E-state index contributed by atoms with van der Waals surface area (Å²) in [7, 11) is -3.29. The highest BCUT2D eigenvalue weighted by Crippen LogP contribution is 2.32. The number of rotatable bonds is 4. The zero-order valence-electron chi connectivity index (χ0n) is 13.6. The van der Waals surface area contributed by atoms with E-state index in [9.17, 15) is 13.2 Å². The Morgan fingerprint density at radius 1 is 1.27 bits per heavy atom. The molecule has 0 radical (unpaired) electrons. The van der Waals surface area contributed by atoms with E-state index in [1.807, 2.05) is 20.8 Å². The fourth-order valence-corrected chi connectivity index (χ4v) is 4.65. The Bertz CT molecular complexity index is 511. The number of carbonyl (C=O) groups excluding carboxylic acids is 1. The lowest BCUT2D eigenvalue weighted by atomic mass is 10.2. The number of amides is 1. The van der Waals surface area contributed by atoms with Crippen molar-refractivity contribution >= 4 is 16.1 Å². The molecule has 0 aromatic carbocycles. The fourth-order valence-electron chi connectivity index (χ4n) is 2.57. The van der Waals surface area contributed by atoms with Crippen LogP contribution in [0.15, 0.2) is 0 Å². The van der Waals surface area contributed by atoms with Crippen LogP contribution >= 0.6 is 0 Å². The predicted octanol–water partition coefficient (Wildman–Crippen LogP) is 0.606. The molecule has 1 unspecified atom stereocenters. The van der Waals surface area contributed by atoms with Crippen molar-refractivity contribution in [3.63, 3.8) is 0 Å². The van der Waals surface area contributed by atoms with Gasteiger partial charge in [0.25, 0.3) is 0 Å². The molecule has 0 bridgehead atoms. The van der Waals surface area contributed by atoms with Crippen molar-refractivity contribution in [3.8, 4) is 0 Å². The molecule has 1 aliphatic carbocycles. The van der Waals surface area contributed by atoms with Gasteiger partial charge in [-0.25, -0.2) is 13.2 Å². The molecular weight excluding hydrogens is 306 g/mol. The van der Waals surface area contributed by atoms with Gasteiger partial charge in [0.1, 0.15) is 5.60 Å². The van der Waals surface area contributed by atoms with E-state index in [2.05, 4.69) is 0 Å². The fraction of sp³-hybridized carbons (Fsp3) is 0.929. The van der Waals surface area contributed by atoms with Crippen molar-refractivity contribution < 1.29 is 17.9 Å². The summed E-state index contributed by atoms with van der Waals surface area (Å²) in [6, 6.07) is -0.370. The number of nitrogens with zero attached hydrogens (tertiary/aromatic N) is 2. The highest BCUT2D eigenvalue weighted by Gasteiger charge is 2.39. The molecule has 0 spiro atoms. The minimum atomic E-state index is -3.29. The molecule has 2 fully saturated rings. The van der Waals surface area contributed by atoms with Crippen LogP contribution < -0.4 is 5.73 Å². The minimum absolute atomic E-state index is 0.198. The molecule has 128 valence electrons. The van der Waals surface area contributed by atoms with E-state index in [-0.39, 0.29) is 31.4 Å². The maximum absolute atomic E-state index is 12.4. The zero-order chi connectivity index (χ0) is 16.5. The van der Waals surface area contributed by atoms with Crippen LogP contribution in [0.4, 0.5) is 4.79 Å². The Labute approximate surface area is 132 Å². The Balaban J connectivity index is 2.00. The van der Waals surface area contributed by atoms with Gasteiger partial charge >= 0.3 is 6.09 Å². The van der Waals surface area contributed by atoms with Crippen LogP contribution in [-0.4, -0.2) is 67.3 Å². The van der Waals surface area contributed by atoms with E-state index in [1.54, 1.807) is 4.90 Å². The second kappa shape index (κ2) is 6.33. The van der Waals surface area contributed by atoms with Crippen LogP contribution in [-0.2, 0) is 14.8 Å². The summed E-state index contributed by atoms with van der Waals surface area (Å²) < 4.78 is 31.7. The Hall–Kier alpha value is -0.860. The smallest absolute Gasteiger partial charge is 0.410 e. The standard InChI is InChI=1S/C14H27N3O4S/c1-14(2,3)21-13(18)16-6-7-17(12(8-15)9-16)22(19,20)10-11-4-5-11/h11-12H,4-10,15H2,1-3H3. The van der Waals surface area contributed by atoms with Gasteiger partial charge in [0.05, 0.1) is 11.8 Å². The molecular formula is C14H27N3O4S. The van der Waals surface area contributed by atoms with Crippen LogP contribution in [0.3, 0.4) is 0 Å².